The fraction of sp³-hybridized carbons (Fsp3) is 0.500. The molecule has 0 N–H and O–H groups in total. The molecule has 1 unspecified atom stereocenters. The maximum Gasteiger partial charge on any atom is 0.185 e. The second-order valence-electron chi connectivity index (χ2n) is 3.30. The van der Waals surface area contributed by atoms with Crippen LogP contribution in [0.3, 0.4) is 0 Å². The predicted octanol–water partition coefficient (Wildman–Crippen LogP) is 4.11. The van der Waals surface area contributed by atoms with Crippen molar-refractivity contribution in [3.8, 4) is 0 Å². The third-order valence-corrected chi connectivity index (χ3v) is 4.07. The molecule has 1 aromatic rings. The molecule has 0 aliphatic rings. The van der Waals surface area contributed by atoms with Crippen molar-refractivity contribution in [2.45, 2.75) is 31.3 Å². The van der Waals surface area contributed by atoms with E-state index in [1.165, 1.54) is 11.3 Å². The second-order valence-corrected chi connectivity index (χ2v) is 6.93. The van der Waals surface area contributed by atoms with E-state index in [1.54, 1.807) is 23.9 Å². The molecule has 0 saturated heterocycles. The van der Waals surface area contributed by atoms with Gasteiger partial charge in [-0.05, 0) is 24.3 Å². The largest absolute Gasteiger partial charge is 0.292 e. The summed E-state index contributed by atoms with van der Waals surface area (Å²) in [5.41, 5.74) is 0. The number of hydrogen-bond acceptors (Lipinski definition) is 3. The van der Waals surface area contributed by atoms with E-state index in [1.807, 2.05) is 6.92 Å². The van der Waals surface area contributed by atoms with Crippen LogP contribution < -0.4 is 0 Å². The van der Waals surface area contributed by atoms with Gasteiger partial charge >= 0.3 is 0 Å². The van der Waals surface area contributed by atoms with Crippen LogP contribution in [0.4, 0.5) is 0 Å². The molecule has 0 aromatic carbocycles. The summed E-state index contributed by atoms with van der Waals surface area (Å²) in [7, 11) is 0. The van der Waals surface area contributed by atoms with Crippen molar-refractivity contribution in [3.63, 3.8) is 0 Å². The number of thioether (sulfide) groups is 1. The first-order valence-electron chi connectivity index (χ1n) is 4.45. The lowest BCUT2D eigenvalue weighted by atomic mass is 10.2. The third-order valence-electron chi connectivity index (χ3n) is 1.66. The van der Waals surface area contributed by atoms with Crippen LogP contribution >= 0.6 is 34.7 Å². The summed E-state index contributed by atoms with van der Waals surface area (Å²) in [6.07, 6.45) is 0. The van der Waals surface area contributed by atoms with Gasteiger partial charge in [-0.1, -0.05) is 25.4 Å². The van der Waals surface area contributed by atoms with Gasteiger partial charge in [0.1, 0.15) is 0 Å². The SMILES string of the molecule is CC(C)SC(C)C(=O)c1ccc(Cl)s1. The molecule has 0 radical (unpaired) electrons. The molecule has 0 aliphatic carbocycles. The van der Waals surface area contributed by atoms with Gasteiger partial charge in [0.2, 0.25) is 0 Å². The monoisotopic (exact) mass is 248 g/mol. The van der Waals surface area contributed by atoms with Gasteiger partial charge in [0.25, 0.3) is 0 Å². The van der Waals surface area contributed by atoms with Gasteiger partial charge in [0, 0.05) is 0 Å². The standard InChI is InChI=1S/C10H13ClOS2/c1-6(2)13-7(3)10(12)8-4-5-9(11)14-8/h4-7H,1-3H3. The van der Waals surface area contributed by atoms with Crippen LogP contribution in [0.1, 0.15) is 30.4 Å². The average molecular weight is 249 g/mol. The molecular weight excluding hydrogens is 236 g/mol. The van der Waals surface area contributed by atoms with E-state index in [0.717, 1.165) is 4.88 Å². The van der Waals surface area contributed by atoms with Crippen LogP contribution in [0.25, 0.3) is 0 Å². The Morgan fingerprint density at radius 3 is 2.50 bits per heavy atom. The maximum absolute atomic E-state index is 11.8. The molecule has 4 heteroatoms. The molecular formula is C10H13ClOS2. The highest BCUT2D eigenvalue weighted by atomic mass is 35.5. The Bertz CT molecular complexity index is 320. The van der Waals surface area contributed by atoms with Crippen molar-refractivity contribution in [2.75, 3.05) is 0 Å². The van der Waals surface area contributed by atoms with Gasteiger partial charge in [-0.15, -0.1) is 23.1 Å². The summed E-state index contributed by atoms with van der Waals surface area (Å²) in [4.78, 5) is 12.6. The molecule has 1 atom stereocenters. The summed E-state index contributed by atoms with van der Waals surface area (Å²) >= 11 is 8.81. The molecule has 14 heavy (non-hydrogen) atoms. The Morgan fingerprint density at radius 1 is 1.43 bits per heavy atom. The molecule has 0 saturated carbocycles. The number of carbonyl (C=O) groups is 1. The van der Waals surface area contributed by atoms with Crippen molar-refractivity contribution in [1.82, 2.24) is 0 Å². The molecule has 0 amide bonds. The predicted molar refractivity (Wildman–Crippen MR) is 65.8 cm³/mol. The highest BCUT2D eigenvalue weighted by molar-refractivity contribution is 8.01. The van der Waals surface area contributed by atoms with Crippen molar-refractivity contribution in [1.29, 1.82) is 0 Å². The van der Waals surface area contributed by atoms with Gasteiger partial charge in [0.15, 0.2) is 5.78 Å². The first-order chi connectivity index (χ1) is 6.50. The molecule has 1 heterocycles. The number of ketones is 1. The summed E-state index contributed by atoms with van der Waals surface area (Å²) < 4.78 is 0.676. The van der Waals surface area contributed by atoms with Crippen LogP contribution in [0.2, 0.25) is 4.34 Å². The lowest BCUT2D eigenvalue weighted by Gasteiger charge is -2.11. The highest BCUT2D eigenvalue weighted by Gasteiger charge is 2.18. The summed E-state index contributed by atoms with van der Waals surface area (Å²) in [6, 6.07) is 3.57. The van der Waals surface area contributed by atoms with Crippen molar-refractivity contribution >= 4 is 40.5 Å². The first-order valence-corrected chi connectivity index (χ1v) is 6.59. The van der Waals surface area contributed by atoms with Crippen LogP contribution in [-0.4, -0.2) is 16.3 Å². The van der Waals surface area contributed by atoms with Crippen molar-refractivity contribution in [3.05, 3.63) is 21.3 Å². The zero-order valence-corrected chi connectivity index (χ0v) is 10.8. The number of hydrogen-bond donors (Lipinski definition) is 0. The lowest BCUT2D eigenvalue weighted by molar-refractivity contribution is 0.0997. The zero-order valence-electron chi connectivity index (χ0n) is 8.41. The quantitative estimate of drug-likeness (QED) is 0.746. The lowest BCUT2D eigenvalue weighted by Crippen LogP contribution is -2.14. The fourth-order valence-corrected chi connectivity index (χ4v) is 3.33. The van der Waals surface area contributed by atoms with Crippen molar-refractivity contribution in [2.24, 2.45) is 0 Å². The average Bonchev–Trinajstić information content (AvgIpc) is 2.49. The van der Waals surface area contributed by atoms with Gasteiger partial charge in [-0.2, -0.15) is 0 Å². The number of rotatable bonds is 4. The minimum atomic E-state index is 0.0183. The number of thiophene rings is 1. The minimum Gasteiger partial charge on any atom is -0.292 e. The third kappa shape index (κ3) is 3.30. The van der Waals surface area contributed by atoms with Gasteiger partial charge in [-0.25, -0.2) is 0 Å². The summed E-state index contributed by atoms with van der Waals surface area (Å²) in [5, 5.41) is 0.495. The van der Waals surface area contributed by atoms with Gasteiger partial charge < -0.3 is 0 Å². The number of Topliss-reactive ketones (excluding diaryl/α,β-unsaturated/α-hetero) is 1. The number of carbonyl (C=O) groups excluding carboxylic acids is 1. The Hall–Kier alpha value is 0.01000. The molecule has 0 bridgehead atoms. The molecule has 1 aromatic heterocycles. The van der Waals surface area contributed by atoms with Crippen LogP contribution in [0.15, 0.2) is 12.1 Å². The Balaban J connectivity index is 2.65. The van der Waals surface area contributed by atoms with E-state index in [-0.39, 0.29) is 11.0 Å². The van der Waals surface area contributed by atoms with E-state index in [2.05, 4.69) is 13.8 Å². The van der Waals surface area contributed by atoms with Crippen LogP contribution in [-0.2, 0) is 0 Å². The Kier molecular flexibility index (Phi) is 4.48. The smallest absolute Gasteiger partial charge is 0.185 e. The van der Waals surface area contributed by atoms with Gasteiger partial charge in [-0.3, -0.25) is 4.79 Å². The van der Waals surface area contributed by atoms with Crippen molar-refractivity contribution < 1.29 is 4.79 Å². The number of halogens is 1. The molecule has 0 aliphatic heterocycles. The maximum atomic E-state index is 11.8. The van der Waals surface area contributed by atoms with E-state index >= 15 is 0 Å². The van der Waals surface area contributed by atoms with Crippen LogP contribution in [0, 0.1) is 0 Å². The second kappa shape index (κ2) is 5.19. The fourth-order valence-electron chi connectivity index (χ4n) is 1.12. The molecule has 1 nitrogen and oxygen atoms in total. The van der Waals surface area contributed by atoms with Crippen LogP contribution in [0.5, 0.6) is 0 Å². The van der Waals surface area contributed by atoms with E-state index in [0.29, 0.717) is 9.59 Å². The van der Waals surface area contributed by atoms with E-state index in [4.69, 9.17) is 11.6 Å². The normalized spacial score (nSPS) is 13.2. The van der Waals surface area contributed by atoms with Gasteiger partial charge in [0.05, 0.1) is 14.5 Å². The zero-order chi connectivity index (χ0) is 10.7. The van der Waals surface area contributed by atoms with E-state index < -0.39 is 0 Å². The summed E-state index contributed by atoms with van der Waals surface area (Å²) in [5.74, 6) is 0.181. The topological polar surface area (TPSA) is 17.1 Å². The molecule has 0 spiro atoms. The molecule has 78 valence electrons. The Morgan fingerprint density at radius 2 is 2.07 bits per heavy atom. The molecule has 1 rings (SSSR count). The summed E-state index contributed by atoms with van der Waals surface area (Å²) in [6.45, 7) is 6.13. The molecule has 0 fully saturated rings. The minimum absolute atomic E-state index is 0.0183. The Labute approximate surface area is 97.8 Å². The van der Waals surface area contributed by atoms with E-state index in [9.17, 15) is 4.79 Å². The first kappa shape index (κ1) is 12.1. The highest BCUT2D eigenvalue weighted by Crippen LogP contribution is 2.26.